The van der Waals surface area contributed by atoms with Crippen LogP contribution in [-0.2, 0) is 0 Å². The van der Waals surface area contributed by atoms with Crippen molar-refractivity contribution in [1.29, 1.82) is 0 Å². The molecule has 0 aliphatic heterocycles. The molecule has 0 aliphatic carbocycles. The smallest absolute Gasteiger partial charge is 0.257 e. The predicted molar refractivity (Wildman–Crippen MR) is 108 cm³/mol. The predicted octanol–water partition coefficient (Wildman–Crippen LogP) is 5.42. The van der Waals surface area contributed by atoms with Gasteiger partial charge in [0.25, 0.3) is 11.8 Å². The summed E-state index contributed by atoms with van der Waals surface area (Å²) in [7, 11) is 0. The van der Waals surface area contributed by atoms with Crippen molar-refractivity contribution in [2.45, 2.75) is 33.2 Å². The van der Waals surface area contributed by atoms with E-state index in [1.807, 2.05) is 53.4 Å². The molecule has 0 saturated heterocycles. The van der Waals surface area contributed by atoms with Crippen LogP contribution in [-0.4, -0.2) is 27.5 Å². The summed E-state index contributed by atoms with van der Waals surface area (Å²) in [5, 5.41) is 3.80. The Morgan fingerprint density at radius 3 is 2.48 bits per heavy atom. The Kier molecular flexibility index (Phi) is 6.06. The molecular weight excluding hydrogens is 406 g/mol. The van der Waals surface area contributed by atoms with Crippen LogP contribution in [0.4, 0.5) is 0 Å². The first-order valence-electron chi connectivity index (χ1n) is 8.97. The molecule has 0 spiro atoms. The molecule has 27 heavy (non-hydrogen) atoms. The Morgan fingerprint density at radius 2 is 1.89 bits per heavy atom. The second-order valence-electron chi connectivity index (χ2n) is 6.42. The van der Waals surface area contributed by atoms with E-state index in [2.05, 4.69) is 39.9 Å². The summed E-state index contributed by atoms with van der Waals surface area (Å²) in [6.45, 7) is 6.60. The molecule has 1 amide bonds. The highest BCUT2D eigenvalue weighted by Gasteiger charge is 2.23. The number of amides is 1. The van der Waals surface area contributed by atoms with Gasteiger partial charge < -0.3 is 9.42 Å². The molecule has 2 aromatic carbocycles. The molecule has 1 heterocycles. The van der Waals surface area contributed by atoms with E-state index >= 15 is 0 Å². The molecule has 1 aromatic heterocycles. The number of aryl methyl sites for hydroxylation is 1. The number of halogens is 1. The van der Waals surface area contributed by atoms with Crippen molar-refractivity contribution >= 4 is 21.8 Å². The molecule has 0 N–H and O–H groups in total. The van der Waals surface area contributed by atoms with Gasteiger partial charge in [-0.3, -0.25) is 4.79 Å². The van der Waals surface area contributed by atoms with Crippen LogP contribution in [0.5, 0.6) is 0 Å². The minimum absolute atomic E-state index is 0.00774. The van der Waals surface area contributed by atoms with Crippen molar-refractivity contribution in [2.75, 3.05) is 6.54 Å². The summed E-state index contributed by atoms with van der Waals surface area (Å²) >= 11 is 3.60. The van der Waals surface area contributed by atoms with E-state index in [4.69, 9.17) is 4.52 Å². The van der Waals surface area contributed by atoms with Gasteiger partial charge in [-0.1, -0.05) is 46.2 Å². The van der Waals surface area contributed by atoms with Gasteiger partial charge in [-0.15, -0.1) is 0 Å². The van der Waals surface area contributed by atoms with E-state index < -0.39 is 0 Å². The standard InChI is InChI=1S/C21H22BrN3O2/c1-4-13-25(14(2)18-7-5-6-8-19(18)22)21(26)17-11-9-16(10-12-17)20-23-15(3)24-27-20/h5-12,14H,4,13H2,1-3H3. The second-order valence-corrected chi connectivity index (χ2v) is 7.27. The van der Waals surface area contributed by atoms with Gasteiger partial charge in [0, 0.05) is 22.1 Å². The number of carbonyl (C=O) groups excluding carboxylic acids is 1. The van der Waals surface area contributed by atoms with E-state index in [0.717, 1.165) is 22.0 Å². The van der Waals surface area contributed by atoms with E-state index in [9.17, 15) is 4.79 Å². The lowest BCUT2D eigenvalue weighted by Crippen LogP contribution is -2.34. The van der Waals surface area contributed by atoms with E-state index in [1.165, 1.54) is 0 Å². The number of aromatic nitrogens is 2. The Bertz CT molecular complexity index is 921. The molecule has 5 nitrogen and oxygen atoms in total. The second kappa shape index (κ2) is 8.48. The van der Waals surface area contributed by atoms with Gasteiger partial charge in [0.05, 0.1) is 6.04 Å². The van der Waals surface area contributed by atoms with Crippen LogP contribution in [0.25, 0.3) is 11.5 Å². The van der Waals surface area contributed by atoms with Crippen LogP contribution in [0.2, 0.25) is 0 Å². The first kappa shape index (κ1) is 19.3. The molecule has 6 heteroatoms. The maximum absolute atomic E-state index is 13.2. The largest absolute Gasteiger partial charge is 0.334 e. The zero-order valence-corrected chi connectivity index (χ0v) is 17.2. The quantitative estimate of drug-likeness (QED) is 0.526. The van der Waals surface area contributed by atoms with Crippen LogP contribution in [0.3, 0.4) is 0 Å². The lowest BCUT2D eigenvalue weighted by atomic mass is 10.0. The van der Waals surface area contributed by atoms with Crippen molar-refractivity contribution in [3.05, 3.63) is 70.0 Å². The number of rotatable bonds is 6. The first-order valence-corrected chi connectivity index (χ1v) is 9.76. The summed E-state index contributed by atoms with van der Waals surface area (Å²) in [6, 6.07) is 15.3. The Hall–Kier alpha value is -2.47. The molecule has 0 aliphatic rings. The van der Waals surface area contributed by atoms with E-state index in [0.29, 0.717) is 23.8 Å². The summed E-state index contributed by atoms with van der Waals surface area (Å²) in [5.74, 6) is 1.05. The zero-order valence-electron chi connectivity index (χ0n) is 15.6. The van der Waals surface area contributed by atoms with Crippen LogP contribution in [0.15, 0.2) is 57.5 Å². The van der Waals surface area contributed by atoms with Gasteiger partial charge in [-0.2, -0.15) is 4.98 Å². The fourth-order valence-electron chi connectivity index (χ4n) is 3.03. The molecule has 140 valence electrons. The fraction of sp³-hybridized carbons (Fsp3) is 0.286. The summed E-state index contributed by atoms with van der Waals surface area (Å²) < 4.78 is 6.19. The fourth-order valence-corrected chi connectivity index (χ4v) is 3.65. The number of hydrogen-bond acceptors (Lipinski definition) is 4. The molecule has 0 saturated carbocycles. The highest BCUT2D eigenvalue weighted by atomic mass is 79.9. The zero-order chi connectivity index (χ0) is 19.4. The third-order valence-corrected chi connectivity index (χ3v) is 5.18. The third kappa shape index (κ3) is 4.27. The summed E-state index contributed by atoms with van der Waals surface area (Å²) in [4.78, 5) is 19.3. The molecule has 0 fully saturated rings. The minimum Gasteiger partial charge on any atom is -0.334 e. The minimum atomic E-state index is -0.0358. The monoisotopic (exact) mass is 427 g/mol. The van der Waals surface area contributed by atoms with Crippen molar-refractivity contribution in [3.63, 3.8) is 0 Å². The normalized spacial score (nSPS) is 12.0. The van der Waals surface area contributed by atoms with Gasteiger partial charge in [0.1, 0.15) is 0 Å². The molecule has 1 atom stereocenters. The van der Waals surface area contributed by atoms with Crippen molar-refractivity contribution in [1.82, 2.24) is 15.0 Å². The number of nitrogens with zero attached hydrogens (tertiary/aromatic N) is 3. The number of carbonyl (C=O) groups is 1. The lowest BCUT2D eigenvalue weighted by Gasteiger charge is -2.30. The van der Waals surface area contributed by atoms with Gasteiger partial charge in [-0.25, -0.2) is 0 Å². The lowest BCUT2D eigenvalue weighted by molar-refractivity contribution is 0.0690. The van der Waals surface area contributed by atoms with Crippen LogP contribution < -0.4 is 0 Å². The van der Waals surface area contributed by atoms with Crippen molar-refractivity contribution < 1.29 is 9.32 Å². The average molecular weight is 428 g/mol. The SMILES string of the molecule is CCCN(C(=O)c1ccc(-c2nc(C)no2)cc1)C(C)c1ccccc1Br. The van der Waals surface area contributed by atoms with Crippen LogP contribution >= 0.6 is 15.9 Å². The highest BCUT2D eigenvalue weighted by molar-refractivity contribution is 9.10. The topological polar surface area (TPSA) is 59.2 Å². The summed E-state index contributed by atoms with van der Waals surface area (Å²) in [6.07, 6.45) is 0.889. The van der Waals surface area contributed by atoms with Gasteiger partial charge in [-0.05, 0) is 56.2 Å². The molecular formula is C21H22BrN3O2. The molecule has 1 unspecified atom stereocenters. The highest BCUT2D eigenvalue weighted by Crippen LogP contribution is 2.29. The first-order chi connectivity index (χ1) is 13.0. The van der Waals surface area contributed by atoms with Crippen molar-refractivity contribution in [3.8, 4) is 11.5 Å². The molecule has 3 rings (SSSR count). The van der Waals surface area contributed by atoms with E-state index in [1.54, 1.807) is 6.92 Å². The summed E-state index contributed by atoms with van der Waals surface area (Å²) in [5.41, 5.74) is 2.53. The Balaban J connectivity index is 1.85. The third-order valence-electron chi connectivity index (χ3n) is 4.45. The Morgan fingerprint density at radius 1 is 1.19 bits per heavy atom. The maximum Gasteiger partial charge on any atom is 0.257 e. The van der Waals surface area contributed by atoms with Gasteiger partial charge >= 0.3 is 0 Å². The maximum atomic E-state index is 13.2. The molecule has 0 bridgehead atoms. The van der Waals surface area contributed by atoms with Crippen LogP contribution in [0.1, 0.15) is 48.1 Å². The van der Waals surface area contributed by atoms with Gasteiger partial charge in [0.15, 0.2) is 5.82 Å². The van der Waals surface area contributed by atoms with Gasteiger partial charge in [0.2, 0.25) is 0 Å². The molecule has 3 aromatic rings. The number of hydrogen-bond donors (Lipinski definition) is 0. The number of benzene rings is 2. The Labute approximate surface area is 167 Å². The van der Waals surface area contributed by atoms with Crippen molar-refractivity contribution in [2.24, 2.45) is 0 Å². The van der Waals surface area contributed by atoms with Crippen LogP contribution in [0, 0.1) is 6.92 Å². The van der Waals surface area contributed by atoms with E-state index in [-0.39, 0.29) is 11.9 Å². The average Bonchev–Trinajstić information content (AvgIpc) is 3.12. The molecule has 0 radical (unpaired) electrons.